The topological polar surface area (TPSA) is 64.9 Å². The van der Waals surface area contributed by atoms with Crippen LogP contribution in [-0.4, -0.2) is 10.1 Å². The van der Waals surface area contributed by atoms with Crippen molar-refractivity contribution in [3.63, 3.8) is 0 Å². The Kier molecular flexibility index (Phi) is 4.59. The lowest BCUT2D eigenvalue weighted by Gasteiger charge is -2.34. The van der Waals surface area contributed by atoms with Crippen molar-refractivity contribution >= 4 is 35.6 Å². The van der Waals surface area contributed by atoms with E-state index in [0.717, 1.165) is 24.8 Å². The van der Waals surface area contributed by atoms with E-state index in [9.17, 15) is 0 Å². The van der Waals surface area contributed by atoms with Gasteiger partial charge in [0.25, 0.3) is 0 Å². The molecule has 1 aromatic heterocycles. The van der Waals surface area contributed by atoms with E-state index in [1.54, 1.807) is 12.1 Å². The van der Waals surface area contributed by atoms with Gasteiger partial charge in [0.1, 0.15) is 0 Å². The number of halogens is 3. The van der Waals surface area contributed by atoms with Gasteiger partial charge in [-0.1, -0.05) is 34.4 Å². The average Bonchev–Trinajstić information content (AvgIpc) is 2.79. The maximum Gasteiger partial charge on any atom is 0.231 e. The molecule has 0 unspecified atom stereocenters. The van der Waals surface area contributed by atoms with E-state index in [4.69, 9.17) is 33.5 Å². The second kappa shape index (κ2) is 5.90. The summed E-state index contributed by atoms with van der Waals surface area (Å²) in [6, 6.07) is 5.35. The summed E-state index contributed by atoms with van der Waals surface area (Å²) in [5.74, 6) is 1.12. The SMILES string of the molecule is Cl.NC1(c2noc(Cc3ccc(Cl)cc3Cl)n2)CCC1. The molecule has 1 aliphatic carbocycles. The first-order chi connectivity index (χ1) is 9.07. The molecule has 108 valence electrons. The molecule has 4 nitrogen and oxygen atoms in total. The largest absolute Gasteiger partial charge is 0.339 e. The molecule has 2 N–H and O–H groups in total. The normalized spacial score (nSPS) is 16.4. The fourth-order valence-electron chi connectivity index (χ4n) is 2.14. The minimum absolute atomic E-state index is 0. The smallest absolute Gasteiger partial charge is 0.231 e. The monoisotopic (exact) mass is 333 g/mol. The molecule has 20 heavy (non-hydrogen) atoms. The van der Waals surface area contributed by atoms with Gasteiger partial charge < -0.3 is 10.3 Å². The highest BCUT2D eigenvalue weighted by atomic mass is 35.5. The van der Waals surface area contributed by atoms with Crippen LogP contribution in [0.2, 0.25) is 10.0 Å². The summed E-state index contributed by atoms with van der Waals surface area (Å²) in [4.78, 5) is 4.37. The van der Waals surface area contributed by atoms with Gasteiger partial charge in [-0.05, 0) is 37.0 Å². The first-order valence-electron chi connectivity index (χ1n) is 6.13. The van der Waals surface area contributed by atoms with Gasteiger partial charge in [-0.2, -0.15) is 4.98 Å². The molecule has 1 aromatic carbocycles. The van der Waals surface area contributed by atoms with Crippen molar-refractivity contribution in [3.8, 4) is 0 Å². The highest BCUT2D eigenvalue weighted by molar-refractivity contribution is 6.35. The summed E-state index contributed by atoms with van der Waals surface area (Å²) >= 11 is 12.0. The zero-order chi connectivity index (χ0) is 13.5. The highest BCUT2D eigenvalue weighted by Crippen LogP contribution is 2.37. The van der Waals surface area contributed by atoms with E-state index in [1.807, 2.05) is 6.07 Å². The first kappa shape index (κ1) is 15.6. The number of rotatable bonds is 3. The number of nitrogens with zero attached hydrogens (tertiary/aromatic N) is 2. The van der Waals surface area contributed by atoms with Crippen LogP contribution in [0.4, 0.5) is 0 Å². The molecule has 1 aliphatic rings. The molecule has 1 fully saturated rings. The van der Waals surface area contributed by atoms with Crippen molar-refractivity contribution in [3.05, 3.63) is 45.5 Å². The zero-order valence-electron chi connectivity index (χ0n) is 10.6. The van der Waals surface area contributed by atoms with Crippen LogP contribution >= 0.6 is 35.6 Å². The maximum atomic E-state index is 6.15. The molecule has 0 amide bonds. The van der Waals surface area contributed by atoms with Gasteiger partial charge in [-0.3, -0.25) is 0 Å². The molecule has 2 aromatic rings. The molecule has 0 radical (unpaired) electrons. The molecule has 3 rings (SSSR count). The fourth-order valence-corrected chi connectivity index (χ4v) is 2.61. The van der Waals surface area contributed by atoms with Gasteiger partial charge in [0, 0.05) is 10.0 Å². The van der Waals surface area contributed by atoms with E-state index in [0.29, 0.717) is 28.2 Å². The fraction of sp³-hybridized carbons (Fsp3) is 0.385. The van der Waals surface area contributed by atoms with Crippen LogP contribution in [-0.2, 0) is 12.0 Å². The number of hydrogen-bond acceptors (Lipinski definition) is 4. The Balaban J connectivity index is 0.00000147. The molecule has 0 saturated heterocycles. The van der Waals surface area contributed by atoms with E-state index < -0.39 is 5.54 Å². The Hall–Kier alpha value is -0.810. The van der Waals surface area contributed by atoms with Gasteiger partial charge in [0.2, 0.25) is 5.89 Å². The van der Waals surface area contributed by atoms with E-state index in [-0.39, 0.29) is 12.4 Å². The molecule has 7 heteroatoms. The third-order valence-electron chi connectivity index (χ3n) is 3.52. The number of hydrogen-bond donors (Lipinski definition) is 1. The van der Waals surface area contributed by atoms with Gasteiger partial charge in [-0.25, -0.2) is 0 Å². The van der Waals surface area contributed by atoms with Crippen molar-refractivity contribution in [2.75, 3.05) is 0 Å². The molecule has 0 atom stereocenters. The summed E-state index contributed by atoms with van der Waals surface area (Å²) < 4.78 is 5.24. The summed E-state index contributed by atoms with van der Waals surface area (Å²) in [5.41, 5.74) is 6.66. The van der Waals surface area contributed by atoms with E-state index >= 15 is 0 Å². The molecule has 1 heterocycles. The third-order valence-corrected chi connectivity index (χ3v) is 4.10. The van der Waals surface area contributed by atoms with E-state index in [1.165, 1.54) is 0 Å². The molecular weight excluding hydrogens is 321 g/mol. The lowest BCUT2D eigenvalue weighted by Crippen LogP contribution is -2.44. The standard InChI is InChI=1S/C13H13Cl2N3O.ClH/c14-9-3-2-8(10(15)7-9)6-11-17-12(18-19-11)13(16)4-1-5-13;/h2-3,7H,1,4-6,16H2;1H. The molecular formula is C13H14Cl3N3O. The van der Waals surface area contributed by atoms with Gasteiger partial charge in [0.05, 0.1) is 12.0 Å². The summed E-state index contributed by atoms with van der Waals surface area (Å²) in [6.45, 7) is 0. The van der Waals surface area contributed by atoms with E-state index in [2.05, 4.69) is 10.1 Å². The Morgan fingerprint density at radius 1 is 1.30 bits per heavy atom. The summed E-state index contributed by atoms with van der Waals surface area (Å²) in [7, 11) is 0. The number of nitrogens with two attached hydrogens (primary N) is 1. The maximum absolute atomic E-state index is 6.15. The first-order valence-corrected chi connectivity index (χ1v) is 6.88. The Morgan fingerprint density at radius 3 is 2.65 bits per heavy atom. The molecule has 0 aliphatic heterocycles. The minimum atomic E-state index is -0.397. The van der Waals surface area contributed by atoms with Crippen molar-refractivity contribution in [2.24, 2.45) is 5.73 Å². The zero-order valence-corrected chi connectivity index (χ0v) is 12.9. The Morgan fingerprint density at radius 2 is 2.05 bits per heavy atom. The Bertz CT molecular complexity index is 611. The predicted octanol–water partition coefficient (Wildman–Crippen LogP) is 3.73. The van der Waals surface area contributed by atoms with Crippen LogP contribution in [0.25, 0.3) is 0 Å². The number of aromatic nitrogens is 2. The lowest BCUT2D eigenvalue weighted by atomic mass is 9.77. The second-order valence-electron chi connectivity index (χ2n) is 4.93. The molecule has 1 saturated carbocycles. The van der Waals surface area contributed by atoms with Crippen molar-refractivity contribution in [1.82, 2.24) is 10.1 Å². The molecule has 0 spiro atoms. The second-order valence-corrected chi connectivity index (χ2v) is 5.78. The number of benzene rings is 1. The predicted molar refractivity (Wildman–Crippen MR) is 80.5 cm³/mol. The van der Waals surface area contributed by atoms with Crippen molar-refractivity contribution < 1.29 is 4.52 Å². The summed E-state index contributed by atoms with van der Waals surface area (Å²) in [5, 5.41) is 5.18. The van der Waals surface area contributed by atoms with Crippen LogP contribution in [0, 0.1) is 0 Å². The van der Waals surface area contributed by atoms with Gasteiger partial charge in [-0.15, -0.1) is 12.4 Å². The van der Waals surface area contributed by atoms with Crippen molar-refractivity contribution in [2.45, 2.75) is 31.2 Å². The summed E-state index contributed by atoms with van der Waals surface area (Å²) in [6.07, 6.45) is 3.42. The quantitative estimate of drug-likeness (QED) is 0.929. The van der Waals surface area contributed by atoms with Gasteiger partial charge >= 0.3 is 0 Å². The third kappa shape index (κ3) is 2.93. The highest BCUT2D eigenvalue weighted by Gasteiger charge is 2.38. The lowest BCUT2D eigenvalue weighted by molar-refractivity contribution is 0.229. The minimum Gasteiger partial charge on any atom is -0.339 e. The average molecular weight is 335 g/mol. The Labute approximate surface area is 133 Å². The van der Waals surface area contributed by atoms with Gasteiger partial charge in [0.15, 0.2) is 5.82 Å². The molecule has 0 bridgehead atoms. The van der Waals surface area contributed by atoms with Crippen LogP contribution in [0.1, 0.15) is 36.5 Å². The van der Waals surface area contributed by atoms with Crippen LogP contribution < -0.4 is 5.73 Å². The van der Waals surface area contributed by atoms with Crippen LogP contribution in [0.3, 0.4) is 0 Å². The van der Waals surface area contributed by atoms with Crippen molar-refractivity contribution in [1.29, 1.82) is 0 Å². The van der Waals surface area contributed by atoms with Crippen LogP contribution in [0.5, 0.6) is 0 Å². The van der Waals surface area contributed by atoms with Crippen LogP contribution in [0.15, 0.2) is 22.7 Å².